The highest BCUT2D eigenvalue weighted by atomic mass is 19.1. The molecule has 0 fully saturated rings. The molecule has 0 aliphatic rings. The molecular weight excluding hydrogens is 215 g/mol. The number of nitrogens with one attached hydrogen (secondary N) is 1. The van der Waals surface area contributed by atoms with Crippen molar-refractivity contribution >= 4 is 0 Å². The van der Waals surface area contributed by atoms with Gasteiger partial charge in [-0.25, -0.2) is 4.39 Å². The molecule has 0 saturated carbocycles. The van der Waals surface area contributed by atoms with Gasteiger partial charge in [0, 0.05) is 6.54 Å². The summed E-state index contributed by atoms with van der Waals surface area (Å²) in [5.74, 6) is 0.374. The minimum atomic E-state index is -0.344. The number of nitriles is 1. The Morgan fingerprint density at radius 2 is 2.12 bits per heavy atom. The van der Waals surface area contributed by atoms with Crippen LogP contribution >= 0.6 is 0 Å². The van der Waals surface area contributed by atoms with E-state index in [4.69, 9.17) is 5.26 Å². The predicted octanol–water partition coefficient (Wildman–Crippen LogP) is 3.22. The summed E-state index contributed by atoms with van der Waals surface area (Å²) in [5, 5.41) is 12.0. The summed E-state index contributed by atoms with van der Waals surface area (Å²) in [6.07, 6.45) is 2.32. The van der Waals surface area contributed by atoms with E-state index >= 15 is 0 Å². The lowest BCUT2D eigenvalue weighted by atomic mass is 10.1. The Bertz CT molecular complexity index is 394. The Hall–Kier alpha value is -1.40. The third-order valence-corrected chi connectivity index (χ3v) is 2.55. The largest absolute Gasteiger partial charge is 0.313 e. The van der Waals surface area contributed by atoms with Crippen molar-refractivity contribution < 1.29 is 4.39 Å². The van der Waals surface area contributed by atoms with Crippen LogP contribution in [0.5, 0.6) is 0 Å². The van der Waals surface area contributed by atoms with Gasteiger partial charge in [0.2, 0.25) is 0 Å². The quantitative estimate of drug-likeness (QED) is 0.767. The van der Waals surface area contributed by atoms with Crippen LogP contribution in [0, 0.1) is 23.1 Å². The lowest BCUT2D eigenvalue weighted by Gasteiger charge is -2.07. The first kappa shape index (κ1) is 13.7. The van der Waals surface area contributed by atoms with Crippen molar-refractivity contribution in [2.75, 3.05) is 6.54 Å². The second-order valence-electron chi connectivity index (χ2n) is 4.67. The Balaban J connectivity index is 2.37. The molecule has 1 rings (SSSR count). The van der Waals surface area contributed by atoms with E-state index in [1.54, 1.807) is 6.07 Å². The molecule has 0 aromatic heterocycles. The zero-order valence-corrected chi connectivity index (χ0v) is 10.5. The minimum absolute atomic E-state index is 0.344. The Labute approximate surface area is 102 Å². The first-order chi connectivity index (χ1) is 8.11. The molecular formula is C14H19FN2. The van der Waals surface area contributed by atoms with Crippen molar-refractivity contribution in [3.8, 4) is 6.07 Å². The van der Waals surface area contributed by atoms with Crippen LogP contribution in [0.1, 0.15) is 37.8 Å². The Kier molecular flexibility index (Phi) is 5.65. The maximum Gasteiger partial charge on any atom is 0.124 e. The lowest BCUT2D eigenvalue weighted by molar-refractivity contribution is 0.527. The van der Waals surface area contributed by atoms with Gasteiger partial charge in [0.15, 0.2) is 0 Å². The van der Waals surface area contributed by atoms with Crippen LogP contribution in [0.2, 0.25) is 0 Å². The molecule has 0 spiro atoms. The van der Waals surface area contributed by atoms with Crippen molar-refractivity contribution in [1.29, 1.82) is 5.26 Å². The molecule has 0 saturated heterocycles. The Morgan fingerprint density at radius 3 is 2.76 bits per heavy atom. The van der Waals surface area contributed by atoms with Crippen LogP contribution < -0.4 is 5.32 Å². The summed E-state index contributed by atoms with van der Waals surface area (Å²) in [4.78, 5) is 0. The van der Waals surface area contributed by atoms with Gasteiger partial charge in [0.25, 0.3) is 0 Å². The summed E-state index contributed by atoms with van der Waals surface area (Å²) >= 11 is 0. The molecule has 1 aromatic carbocycles. The molecule has 0 amide bonds. The molecule has 92 valence electrons. The van der Waals surface area contributed by atoms with Crippen LogP contribution in [-0.4, -0.2) is 6.54 Å². The first-order valence-electron chi connectivity index (χ1n) is 6.02. The predicted molar refractivity (Wildman–Crippen MR) is 66.9 cm³/mol. The molecule has 1 N–H and O–H groups in total. The van der Waals surface area contributed by atoms with Gasteiger partial charge in [0.05, 0.1) is 11.6 Å². The van der Waals surface area contributed by atoms with Gasteiger partial charge in [0.1, 0.15) is 5.82 Å². The third kappa shape index (κ3) is 5.46. The van der Waals surface area contributed by atoms with Crippen molar-refractivity contribution in [1.82, 2.24) is 5.32 Å². The van der Waals surface area contributed by atoms with Crippen LogP contribution in [0.3, 0.4) is 0 Å². The second-order valence-corrected chi connectivity index (χ2v) is 4.67. The van der Waals surface area contributed by atoms with Gasteiger partial charge in [-0.05, 0) is 49.1 Å². The topological polar surface area (TPSA) is 35.8 Å². The second kappa shape index (κ2) is 7.03. The molecule has 0 bridgehead atoms. The number of hydrogen-bond donors (Lipinski definition) is 1. The highest BCUT2D eigenvalue weighted by molar-refractivity contribution is 5.33. The number of nitrogens with zero attached hydrogens (tertiary/aromatic N) is 1. The molecule has 0 atom stereocenters. The minimum Gasteiger partial charge on any atom is -0.313 e. The fraction of sp³-hybridized carbons (Fsp3) is 0.500. The van der Waals surface area contributed by atoms with E-state index in [1.165, 1.54) is 18.6 Å². The standard InChI is InChI=1S/C14H19FN2/c1-11(2)4-3-5-17-10-13-6-12(9-16)7-14(15)8-13/h6-8,11,17H,3-5,10H2,1-2H3. The molecule has 2 nitrogen and oxygen atoms in total. The summed E-state index contributed by atoms with van der Waals surface area (Å²) in [6.45, 7) is 5.94. The van der Waals surface area contributed by atoms with Crippen LogP contribution in [0.25, 0.3) is 0 Å². The van der Waals surface area contributed by atoms with Crippen molar-refractivity contribution in [3.63, 3.8) is 0 Å². The Morgan fingerprint density at radius 1 is 1.35 bits per heavy atom. The molecule has 1 aromatic rings. The van der Waals surface area contributed by atoms with Gasteiger partial charge < -0.3 is 5.32 Å². The van der Waals surface area contributed by atoms with Crippen LogP contribution in [-0.2, 0) is 6.54 Å². The molecule has 0 aliphatic carbocycles. The van der Waals surface area contributed by atoms with E-state index in [1.807, 2.05) is 6.07 Å². The van der Waals surface area contributed by atoms with E-state index in [-0.39, 0.29) is 5.82 Å². The van der Waals surface area contributed by atoms with Gasteiger partial charge in [-0.15, -0.1) is 0 Å². The zero-order chi connectivity index (χ0) is 12.7. The summed E-state index contributed by atoms with van der Waals surface area (Å²) in [7, 11) is 0. The van der Waals surface area contributed by atoms with E-state index in [0.29, 0.717) is 12.1 Å². The lowest BCUT2D eigenvalue weighted by Crippen LogP contribution is -2.15. The molecule has 3 heteroatoms. The molecule has 0 radical (unpaired) electrons. The SMILES string of the molecule is CC(C)CCCNCc1cc(F)cc(C#N)c1. The average molecular weight is 234 g/mol. The average Bonchev–Trinajstić information content (AvgIpc) is 2.27. The number of halogens is 1. The molecule has 0 unspecified atom stereocenters. The van der Waals surface area contributed by atoms with E-state index in [9.17, 15) is 4.39 Å². The maximum atomic E-state index is 13.1. The van der Waals surface area contributed by atoms with Crippen molar-refractivity contribution in [2.24, 2.45) is 5.92 Å². The molecule has 17 heavy (non-hydrogen) atoms. The fourth-order valence-corrected chi connectivity index (χ4v) is 1.69. The van der Waals surface area contributed by atoms with E-state index < -0.39 is 0 Å². The van der Waals surface area contributed by atoms with Gasteiger partial charge in [-0.2, -0.15) is 5.26 Å². The summed E-state index contributed by atoms with van der Waals surface area (Å²) in [5.41, 5.74) is 1.20. The normalized spacial score (nSPS) is 10.5. The zero-order valence-electron chi connectivity index (χ0n) is 10.5. The molecule has 0 heterocycles. The first-order valence-corrected chi connectivity index (χ1v) is 6.02. The van der Waals surface area contributed by atoms with Crippen molar-refractivity contribution in [3.05, 3.63) is 35.1 Å². The molecule has 0 aliphatic heterocycles. The van der Waals surface area contributed by atoms with E-state index in [0.717, 1.165) is 24.4 Å². The van der Waals surface area contributed by atoms with Crippen LogP contribution in [0.15, 0.2) is 18.2 Å². The maximum absolute atomic E-state index is 13.1. The summed E-state index contributed by atoms with van der Waals surface area (Å²) in [6, 6.07) is 6.40. The number of rotatable bonds is 6. The van der Waals surface area contributed by atoms with E-state index in [2.05, 4.69) is 19.2 Å². The van der Waals surface area contributed by atoms with Gasteiger partial charge in [-0.3, -0.25) is 0 Å². The third-order valence-electron chi connectivity index (χ3n) is 2.55. The van der Waals surface area contributed by atoms with Crippen LogP contribution in [0.4, 0.5) is 4.39 Å². The highest BCUT2D eigenvalue weighted by Crippen LogP contribution is 2.08. The smallest absolute Gasteiger partial charge is 0.124 e. The monoisotopic (exact) mass is 234 g/mol. The fourth-order valence-electron chi connectivity index (χ4n) is 1.69. The summed E-state index contributed by atoms with van der Waals surface area (Å²) < 4.78 is 13.1. The van der Waals surface area contributed by atoms with Gasteiger partial charge in [-0.1, -0.05) is 13.8 Å². The highest BCUT2D eigenvalue weighted by Gasteiger charge is 2.00. The van der Waals surface area contributed by atoms with Crippen molar-refractivity contribution in [2.45, 2.75) is 33.2 Å². The van der Waals surface area contributed by atoms with Gasteiger partial charge >= 0.3 is 0 Å². The number of hydrogen-bond acceptors (Lipinski definition) is 2. The number of benzene rings is 1.